The topological polar surface area (TPSA) is 51.2 Å². The quantitative estimate of drug-likeness (QED) is 0.687. The van der Waals surface area contributed by atoms with Crippen molar-refractivity contribution in [2.75, 3.05) is 6.61 Å². The highest BCUT2D eigenvalue weighted by atomic mass is 79.9. The van der Waals surface area contributed by atoms with Gasteiger partial charge in [0, 0.05) is 4.47 Å². The Kier molecular flexibility index (Phi) is 5.25. The SMILES string of the molecule is O=C(CCOc1cccc(Br)c1)NCc1nc2ccccc2s1. The highest BCUT2D eigenvalue weighted by Crippen LogP contribution is 2.21. The van der Waals surface area contributed by atoms with Crippen LogP contribution in [-0.2, 0) is 11.3 Å². The van der Waals surface area contributed by atoms with Crippen LogP contribution in [0, 0.1) is 0 Å². The summed E-state index contributed by atoms with van der Waals surface area (Å²) in [5.74, 6) is 0.706. The summed E-state index contributed by atoms with van der Waals surface area (Å²) in [6, 6.07) is 15.5. The molecule has 1 N–H and O–H groups in total. The third-order valence-corrected chi connectivity index (χ3v) is 4.70. The lowest BCUT2D eigenvalue weighted by molar-refractivity contribution is -0.121. The van der Waals surface area contributed by atoms with Gasteiger partial charge >= 0.3 is 0 Å². The van der Waals surface area contributed by atoms with Gasteiger partial charge in [0.25, 0.3) is 0 Å². The van der Waals surface area contributed by atoms with Gasteiger partial charge in [0.05, 0.1) is 29.8 Å². The highest BCUT2D eigenvalue weighted by Gasteiger charge is 2.06. The molecule has 0 radical (unpaired) electrons. The van der Waals surface area contributed by atoms with Crippen LogP contribution in [-0.4, -0.2) is 17.5 Å². The number of ether oxygens (including phenoxy) is 1. The van der Waals surface area contributed by atoms with Crippen LogP contribution in [0.25, 0.3) is 10.2 Å². The molecule has 0 saturated carbocycles. The average molecular weight is 391 g/mol. The van der Waals surface area contributed by atoms with Gasteiger partial charge in [0.1, 0.15) is 10.8 Å². The molecule has 0 spiro atoms. The maximum absolute atomic E-state index is 11.9. The average Bonchev–Trinajstić information content (AvgIpc) is 2.96. The van der Waals surface area contributed by atoms with Crippen molar-refractivity contribution in [2.45, 2.75) is 13.0 Å². The van der Waals surface area contributed by atoms with Crippen LogP contribution < -0.4 is 10.1 Å². The Hall–Kier alpha value is -1.92. The maximum Gasteiger partial charge on any atom is 0.223 e. The van der Waals surface area contributed by atoms with Gasteiger partial charge < -0.3 is 10.1 Å². The molecular formula is C17H15BrN2O2S. The molecule has 1 heterocycles. The molecule has 6 heteroatoms. The minimum Gasteiger partial charge on any atom is -0.493 e. The van der Waals surface area contributed by atoms with E-state index in [1.165, 1.54) is 0 Å². The molecule has 23 heavy (non-hydrogen) atoms. The maximum atomic E-state index is 11.9. The third kappa shape index (κ3) is 4.53. The van der Waals surface area contributed by atoms with Crippen LogP contribution in [0.5, 0.6) is 5.75 Å². The molecule has 0 fully saturated rings. The number of hydrogen-bond acceptors (Lipinski definition) is 4. The summed E-state index contributed by atoms with van der Waals surface area (Å²) in [6.45, 7) is 0.803. The largest absolute Gasteiger partial charge is 0.493 e. The van der Waals surface area contributed by atoms with E-state index in [-0.39, 0.29) is 5.91 Å². The number of para-hydroxylation sites is 1. The number of benzene rings is 2. The number of fused-ring (bicyclic) bond motifs is 1. The van der Waals surface area contributed by atoms with Gasteiger partial charge in [-0.05, 0) is 30.3 Å². The molecule has 3 aromatic rings. The molecule has 0 saturated heterocycles. The van der Waals surface area contributed by atoms with E-state index in [2.05, 4.69) is 26.2 Å². The summed E-state index contributed by atoms with van der Waals surface area (Å²) >= 11 is 4.98. The minimum atomic E-state index is -0.0424. The van der Waals surface area contributed by atoms with Crippen LogP contribution in [0.15, 0.2) is 53.0 Å². The molecule has 0 bridgehead atoms. The first kappa shape index (κ1) is 16.0. The lowest BCUT2D eigenvalue weighted by atomic mass is 10.3. The predicted molar refractivity (Wildman–Crippen MR) is 95.7 cm³/mol. The zero-order chi connectivity index (χ0) is 16.1. The summed E-state index contributed by atoms with van der Waals surface area (Å²) in [5.41, 5.74) is 0.972. The number of nitrogens with one attached hydrogen (secondary N) is 1. The molecule has 3 rings (SSSR count). The number of nitrogens with zero attached hydrogens (tertiary/aromatic N) is 1. The Labute approximate surface area is 146 Å². The first-order chi connectivity index (χ1) is 11.2. The monoisotopic (exact) mass is 390 g/mol. The van der Waals surface area contributed by atoms with Crippen molar-refractivity contribution < 1.29 is 9.53 Å². The normalized spacial score (nSPS) is 10.7. The Morgan fingerprint density at radius 3 is 2.91 bits per heavy atom. The van der Waals surface area contributed by atoms with Gasteiger partial charge in [-0.2, -0.15) is 0 Å². The molecule has 1 amide bonds. The van der Waals surface area contributed by atoms with Crippen molar-refractivity contribution in [2.24, 2.45) is 0 Å². The fourth-order valence-electron chi connectivity index (χ4n) is 2.08. The summed E-state index contributed by atoms with van der Waals surface area (Å²) in [4.78, 5) is 16.4. The Morgan fingerprint density at radius 2 is 2.09 bits per heavy atom. The lowest BCUT2D eigenvalue weighted by Crippen LogP contribution is -2.24. The second-order valence-corrected chi connectivity index (χ2v) is 6.94. The standard InChI is InChI=1S/C17H15BrN2O2S/c18-12-4-3-5-13(10-12)22-9-8-16(21)19-11-17-20-14-6-1-2-7-15(14)23-17/h1-7,10H,8-9,11H2,(H,19,21). The molecule has 1 aromatic heterocycles. The zero-order valence-corrected chi connectivity index (χ0v) is 14.7. The molecule has 0 atom stereocenters. The number of hydrogen-bond donors (Lipinski definition) is 1. The molecule has 118 valence electrons. The fourth-order valence-corrected chi connectivity index (χ4v) is 3.36. The van der Waals surface area contributed by atoms with Gasteiger partial charge in [-0.3, -0.25) is 4.79 Å². The molecule has 0 aliphatic carbocycles. The van der Waals surface area contributed by atoms with Crippen LogP contribution >= 0.6 is 27.3 Å². The summed E-state index contributed by atoms with van der Waals surface area (Å²) in [5, 5.41) is 3.79. The number of carbonyl (C=O) groups excluding carboxylic acids is 1. The van der Waals surface area contributed by atoms with Crippen molar-refractivity contribution in [1.29, 1.82) is 0 Å². The summed E-state index contributed by atoms with van der Waals surface area (Å²) < 4.78 is 7.64. The van der Waals surface area contributed by atoms with E-state index in [4.69, 9.17) is 4.74 Å². The molecule has 0 aliphatic rings. The minimum absolute atomic E-state index is 0.0424. The number of halogens is 1. The fraction of sp³-hybridized carbons (Fsp3) is 0.176. The van der Waals surface area contributed by atoms with Crippen LogP contribution in [0.4, 0.5) is 0 Å². The number of thiazole rings is 1. The van der Waals surface area contributed by atoms with E-state index < -0.39 is 0 Å². The Morgan fingerprint density at radius 1 is 1.22 bits per heavy atom. The second-order valence-electron chi connectivity index (χ2n) is 4.91. The van der Waals surface area contributed by atoms with Gasteiger partial charge in [0.2, 0.25) is 5.91 Å². The number of carbonyl (C=O) groups is 1. The third-order valence-electron chi connectivity index (χ3n) is 3.17. The van der Waals surface area contributed by atoms with Crippen molar-refractivity contribution >= 4 is 43.4 Å². The van der Waals surface area contributed by atoms with Crippen LogP contribution in [0.1, 0.15) is 11.4 Å². The number of rotatable bonds is 6. The first-order valence-electron chi connectivity index (χ1n) is 7.20. The molecular weight excluding hydrogens is 376 g/mol. The smallest absolute Gasteiger partial charge is 0.223 e. The van der Waals surface area contributed by atoms with E-state index in [1.54, 1.807) is 11.3 Å². The number of aromatic nitrogens is 1. The van der Waals surface area contributed by atoms with E-state index >= 15 is 0 Å². The van der Waals surface area contributed by atoms with Crippen molar-refractivity contribution in [3.8, 4) is 5.75 Å². The predicted octanol–water partition coefficient (Wildman–Crippen LogP) is 4.14. The van der Waals surface area contributed by atoms with Crippen LogP contribution in [0.3, 0.4) is 0 Å². The van der Waals surface area contributed by atoms with Crippen molar-refractivity contribution in [3.05, 3.63) is 58.0 Å². The van der Waals surface area contributed by atoms with Crippen LogP contribution in [0.2, 0.25) is 0 Å². The molecule has 4 nitrogen and oxygen atoms in total. The molecule has 0 unspecified atom stereocenters. The van der Waals surface area contributed by atoms with Gasteiger partial charge in [-0.25, -0.2) is 4.98 Å². The second kappa shape index (κ2) is 7.57. The van der Waals surface area contributed by atoms with Gasteiger partial charge in [-0.1, -0.05) is 34.1 Å². The summed E-state index contributed by atoms with van der Waals surface area (Å²) in [6.07, 6.45) is 0.317. The summed E-state index contributed by atoms with van der Waals surface area (Å²) in [7, 11) is 0. The number of amides is 1. The van der Waals surface area contributed by atoms with Gasteiger partial charge in [-0.15, -0.1) is 11.3 Å². The Balaban J connectivity index is 1.44. The van der Waals surface area contributed by atoms with Crippen molar-refractivity contribution in [3.63, 3.8) is 0 Å². The Bertz CT molecular complexity index is 786. The van der Waals surface area contributed by atoms with E-state index in [0.717, 1.165) is 25.4 Å². The van der Waals surface area contributed by atoms with Gasteiger partial charge in [0.15, 0.2) is 0 Å². The first-order valence-corrected chi connectivity index (χ1v) is 8.81. The molecule has 2 aromatic carbocycles. The van der Waals surface area contributed by atoms with E-state index in [9.17, 15) is 4.79 Å². The molecule has 0 aliphatic heterocycles. The van der Waals surface area contributed by atoms with E-state index in [0.29, 0.717) is 19.6 Å². The van der Waals surface area contributed by atoms with Crippen molar-refractivity contribution in [1.82, 2.24) is 10.3 Å². The highest BCUT2D eigenvalue weighted by molar-refractivity contribution is 9.10. The van der Waals surface area contributed by atoms with E-state index in [1.807, 2.05) is 48.5 Å². The zero-order valence-electron chi connectivity index (χ0n) is 12.3. The lowest BCUT2D eigenvalue weighted by Gasteiger charge is -2.06.